The van der Waals surface area contributed by atoms with Crippen LogP contribution in [0.3, 0.4) is 0 Å². The highest BCUT2D eigenvalue weighted by Gasteiger charge is 2.20. The number of anilines is 2. The van der Waals surface area contributed by atoms with Crippen molar-refractivity contribution < 1.29 is 9.53 Å². The van der Waals surface area contributed by atoms with E-state index in [4.69, 9.17) is 27.9 Å². The minimum absolute atomic E-state index is 0.273. The molecule has 1 amide bonds. The molecular weight excluding hydrogens is 459 g/mol. The number of carbonyl (C=O) groups excluding carboxylic acids is 1. The van der Waals surface area contributed by atoms with Crippen LogP contribution < -0.4 is 15.0 Å². The molecule has 0 aliphatic carbocycles. The van der Waals surface area contributed by atoms with E-state index in [-0.39, 0.29) is 5.91 Å². The van der Waals surface area contributed by atoms with Crippen LogP contribution in [-0.2, 0) is 6.42 Å². The summed E-state index contributed by atoms with van der Waals surface area (Å²) in [6.45, 7) is 4.75. The number of amides is 1. The molecule has 1 N–H and O–H groups in total. The number of carbonyl (C=O) groups is 1. The largest absolute Gasteiger partial charge is 0.494 e. The molecule has 4 rings (SSSR count). The molecule has 1 saturated heterocycles. The molecule has 0 atom stereocenters. The zero-order chi connectivity index (χ0) is 23.2. The van der Waals surface area contributed by atoms with Crippen molar-refractivity contribution in [1.29, 1.82) is 0 Å². The lowest BCUT2D eigenvalue weighted by atomic mass is 10.1. The van der Waals surface area contributed by atoms with Crippen molar-refractivity contribution in [3.05, 3.63) is 82.1 Å². The molecule has 1 fully saturated rings. The molecule has 8 heteroatoms. The molecule has 2 heterocycles. The fourth-order valence-electron chi connectivity index (χ4n) is 3.98. The van der Waals surface area contributed by atoms with Crippen LogP contribution in [0.15, 0.2) is 60.9 Å². The van der Waals surface area contributed by atoms with Crippen molar-refractivity contribution in [3.63, 3.8) is 0 Å². The molecule has 0 spiro atoms. The number of ether oxygens (including phenoxy) is 1. The van der Waals surface area contributed by atoms with Gasteiger partial charge in [-0.05, 0) is 48.4 Å². The van der Waals surface area contributed by atoms with Gasteiger partial charge >= 0.3 is 0 Å². The van der Waals surface area contributed by atoms with Crippen molar-refractivity contribution in [2.45, 2.75) is 6.42 Å². The van der Waals surface area contributed by atoms with E-state index >= 15 is 0 Å². The predicted molar refractivity (Wildman–Crippen MR) is 134 cm³/mol. The molecule has 2 aromatic carbocycles. The van der Waals surface area contributed by atoms with Crippen LogP contribution in [0.4, 0.5) is 11.4 Å². The SMILES string of the molecule is COc1c(Cl)cc(C(=O)Nc2ccccc2N2CCN(CCc3ccncc3)CC2)cc1Cl. The summed E-state index contributed by atoms with van der Waals surface area (Å²) >= 11 is 12.4. The van der Waals surface area contributed by atoms with Crippen molar-refractivity contribution in [2.24, 2.45) is 0 Å². The quantitative estimate of drug-likeness (QED) is 0.510. The molecule has 1 aliphatic rings. The second-order valence-corrected chi connectivity index (χ2v) is 8.69. The number of hydrogen-bond donors (Lipinski definition) is 1. The van der Waals surface area contributed by atoms with E-state index in [1.807, 2.05) is 36.7 Å². The average molecular weight is 485 g/mol. The number of nitrogens with one attached hydrogen (secondary N) is 1. The van der Waals surface area contributed by atoms with Crippen LogP contribution in [0, 0.1) is 0 Å². The van der Waals surface area contributed by atoms with Gasteiger partial charge in [-0.15, -0.1) is 0 Å². The van der Waals surface area contributed by atoms with Gasteiger partial charge in [-0.3, -0.25) is 14.7 Å². The summed E-state index contributed by atoms with van der Waals surface area (Å²) in [4.78, 5) is 21.8. The second-order valence-electron chi connectivity index (χ2n) is 7.88. The predicted octanol–water partition coefficient (Wildman–Crippen LogP) is 5.01. The summed E-state index contributed by atoms with van der Waals surface area (Å²) in [6.07, 6.45) is 4.70. The third kappa shape index (κ3) is 5.77. The third-order valence-corrected chi connectivity index (χ3v) is 6.36. The number of halogens is 2. The molecule has 3 aromatic rings. The van der Waals surface area contributed by atoms with Crippen molar-refractivity contribution in [3.8, 4) is 5.75 Å². The molecule has 1 aromatic heterocycles. The first-order valence-corrected chi connectivity index (χ1v) is 11.6. The topological polar surface area (TPSA) is 57.7 Å². The normalized spacial score (nSPS) is 14.2. The Morgan fingerprint density at radius 1 is 1.03 bits per heavy atom. The van der Waals surface area contributed by atoms with E-state index in [0.29, 0.717) is 21.4 Å². The minimum Gasteiger partial charge on any atom is -0.494 e. The number of methoxy groups -OCH3 is 1. The summed E-state index contributed by atoms with van der Waals surface area (Å²) < 4.78 is 5.17. The highest BCUT2D eigenvalue weighted by atomic mass is 35.5. The van der Waals surface area contributed by atoms with E-state index in [1.165, 1.54) is 12.7 Å². The van der Waals surface area contributed by atoms with Crippen LogP contribution in [0.1, 0.15) is 15.9 Å². The number of aromatic nitrogens is 1. The minimum atomic E-state index is -0.273. The number of nitrogens with zero attached hydrogens (tertiary/aromatic N) is 3. The summed E-state index contributed by atoms with van der Waals surface area (Å²) in [7, 11) is 1.49. The second kappa shape index (κ2) is 10.9. The van der Waals surface area contributed by atoms with E-state index in [2.05, 4.69) is 32.2 Å². The van der Waals surface area contributed by atoms with Gasteiger partial charge in [0, 0.05) is 50.7 Å². The maximum atomic E-state index is 12.9. The van der Waals surface area contributed by atoms with Gasteiger partial charge in [0.1, 0.15) is 0 Å². The average Bonchev–Trinajstić information content (AvgIpc) is 2.84. The summed E-state index contributed by atoms with van der Waals surface area (Å²) in [5, 5.41) is 3.61. The van der Waals surface area contributed by atoms with Gasteiger partial charge in [0.05, 0.1) is 28.5 Å². The van der Waals surface area contributed by atoms with Crippen LogP contribution in [0.5, 0.6) is 5.75 Å². The van der Waals surface area contributed by atoms with Gasteiger partial charge in [-0.25, -0.2) is 0 Å². The van der Waals surface area contributed by atoms with Gasteiger partial charge < -0.3 is 15.0 Å². The molecule has 0 unspecified atom stereocenters. The van der Waals surface area contributed by atoms with Crippen LogP contribution in [-0.4, -0.2) is 55.6 Å². The Morgan fingerprint density at radius 3 is 2.36 bits per heavy atom. The molecule has 0 radical (unpaired) electrons. The highest BCUT2D eigenvalue weighted by Crippen LogP contribution is 2.34. The van der Waals surface area contributed by atoms with Crippen molar-refractivity contribution in [2.75, 3.05) is 50.1 Å². The molecule has 0 saturated carbocycles. The Kier molecular flexibility index (Phi) is 7.70. The first-order chi connectivity index (χ1) is 16.0. The van der Waals surface area contributed by atoms with Crippen LogP contribution >= 0.6 is 23.2 Å². The molecule has 33 heavy (non-hydrogen) atoms. The lowest BCUT2D eigenvalue weighted by molar-refractivity contribution is 0.102. The maximum absolute atomic E-state index is 12.9. The van der Waals surface area contributed by atoms with E-state index in [9.17, 15) is 4.79 Å². The number of benzene rings is 2. The molecular formula is C25H26Cl2N4O2. The van der Waals surface area contributed by atoms with Gasteiger partial charge in [0.2, 0.25) is 0 Å². The third-order valence-electron chi connectivity index (χ3n) is 5.80. The van der Waals surface area contributed by atoms with E-state index < -0.39 is 0 Å². The lowest BCUT2D eigenvalue weighted by Gasteiger charge is -2.37. The molecule has 172 valence electrons. The number of piperazine rings is 1. The fourth-order valence-corrected chi connectivity index (χ4v) is 4.63. The lowest BCUT2D eigenvalue weighted by Crippen LogP contribution is -2.47. The Balaban J connectivity index is 1.39. The zero-order valence-corrected chi connectivity index (χ0v) is 19.9. The Bertz CT molecular complexity index is 1080. The van der Waals surface area contributed by atoms with Gasteiger partial charge in [0.25, 0.3) is 5.91 Å². The summed E-state index contributed by atoms with van der Waals surface area (Å²) in [6, 6.07) is 15.1. The molecule has 0 bridgehead atoms. The Morgan fingerprint density at radius 2 is 1.70 bits per heavy atom. The monoisotopic (exact) mass is 484 g/mol. The van der Waals surface area contributed by atoms with Gasteiger partial charge in [0.15, 0.2) is 5.75 Å². The number of para-hydroxylation sites is 2. The molecule has 6 nitrogen and oxygen atoms in total. The van der Waals surface area contributed by atoms with Crippen LogP contribution in [0.25, 0.3) is 0 Å². The Hall–Kier alpha value is -2.80. The van der Waals surface area contributed by atoms with E-state index in [0.717, 1.165) is 50.5 Å². The van der Waals surface area contributed by atoms with Gasteiger partial charge in [-0.2, -0.15) is 0 Å². The van der Waals surface area contributed by atoms with E-state index in [1.54, 1.807) is 12.1 Å². The standard InChI is InChI=1S/C25H26Cl2N4O2/c1-33-24-20(26)16-19(17-21(24)27)25(32)29-22-4-2-3-5-23(22)31-14-12-30(13-15-31)11-8-18-6-9-28-10-7-18/h2-7,9-10,16-17H,8,11-15H2,1H3,(H,29,32). The first kappa shape index (κ1) is 23.4. The maximum Gasteiger partial charge on any atom is 0.255 e. The first-order valence-electron chi connectivity index (χ1n) is 10.8. The highest BCUT2D eigenvalue weighted by molar-refractivity contribution is 6.37. The zero-order valence-electron chi connectivity index (χ0n) is 18.4. The van der Waals surface area contributed by atoms with Crippen molar-refractivity contribution >= 4 is 40.5 Å². The summed E-state index contributed by atoms with van der Waals surface area (Å²) in [5.74, 6) is 0.0852. The summed E-state index contributed by atoms with van der Waals surface area (Å²) in [5.41, 5.74) is 3.45. The number of rotatable bonds is 7. The van der Waals surface area contributed by atoms with Gasteiger partial charge in [-0.1, -0.05) is 35.3 Å². The number of pyridine rings is 1. The van der Waals surface area contributed by atoms with Crippen LogP contribution in [0.2, 0.25) is 10.0 Å². The fraction of sp³-hybridized carbons (Fsp3) is 0.280. The Labute approximate surface area is 204 Å². The smallest absolute Gasteiger partial charge is 0.255 e. The number of hydrogen-bond acceptors (Lipinski definition) is 5. The molecule has 1 aliphatic heterocycles. The van der Waals surface area contributed by atoms with Crippen molar-refractivity contribution in [1.82, 2.24) is 9.88 Å².